The van der Waals surface area contributed by atoms with E-state index in [1.165, 1.54) is 12.1 Å². The quantitative estimate of drug-likeness (QED) is 0.610. The van der Waals surface area contributed by atoms with Crippen molar-refractivity contribution >= 4 is 11.8 Å². The highest BCUT2D eigenvalue weighted by Crippen LogP contribution is 2.22. The number of hydrogen-bond donors (Lipinski definition) is 0. The third-order valence-corrected chi connectivity index (χ3v) is 2.28. The Bertz CT molecular complexity index is 526. The molecule has 1 aromatic rings. The van der Waals surface area contributed by atoms with E-state index in [0.717, 1.165) is 12.1 Å². The zero-order chi connectivity index (χ0) is 13.9. The third kappa shape index (κ3) is 3.09. The molecule has 6 nitrogen and oxygen atoms in total. The van der Waals surface area contributed by atoms with Gasteiger partial charge in [-0.25, -0.2) is 0 Å². The van der Waals surface area contributed by atoms with Gasteiger partial charge in [-0.3, -0.25) is 20.2 Å². The lowest BCUT2D eigenvalue weighted by molar-refractivity contribution is -0.431. The molecule has 0 spiro atoms. The van der Waals surface area contributed by atoms with Crippen molar-refractivity contribution in [3.63, 3.8) is 0 Å². The van der Waals surface area contributed by atoms with Crippen LogP contribution in [0.1, 0.15) is 19.4 Å². The van der Waals surface area contributed by atoms with Gasteiger partial charge in [-0.2, -0.15) is 4.39 Å². The van der Waals surface area contributed by atoms with E-state index in [-0.39, 0.29) is 17.2 Å². The lowest BCUT2D eigenvalue weighted by Gasteiger charge is -2.02. The predicted octanol–water partition coefficient (Wildman–Crippen LogP) is 3.01. The molecule has 0 aliphatic heterocycles. The lowest BCUT2D eigenvalue weighted by Crippen LogP contribution is -2.05. The van der Waals surface area contributed by atoms with Crippen LogP contribution in [0.25, 0.3) is 6.08 Å². The third-order valence-electron chi connectivity index (χ3n) is 2.28. The molecule has 0 saturated carbocycles. The van der Waals surface area contributed by atoms with Crippen LogP contribution in [0, 0.1) is 32.0 Å². The van der Waals surface area contributed by atoms with E-state index in [1.54, 1.807) is 13.8 Å². The fourth-order valence-electron chi connectivity index (χ4n) is 1.36. The number of halogens is 1. The highest BCUT2D eigenvalue weighted by atomic mass is 19.1. The van der Waals surface area contributed by atoms with Crippen molar-refractivity contribution in [3.8, 4) is 0 Å². The number of nitro groups is 2. The smallest absolute Gasteiger partial charge is 0.259 e. The van der Waals surface area contributed by atoms with Gasteiger partial charge in [-0.05, 0) is 11.6 Å². The minimum atomic E-state index is -0.968. The van der Waals surface area contributed by atoms with Crippen molar-refractivity contribution in [2.45, 2.75) is 13.8 Å². The minimum Gasteiger partial charge on any atom is -0.259 e. The molecule has 0 unspecified atom stereocenters. The van der Waals surface area contributed by atoms with Crippen molar-refractivity contribution in [1.29, 1.82) is 0 Å². The number of rotatable bonds is 4. The number of allylic oxidation sites excluding steroid dienone is 1. The molecule has 0 bridgehead atoms. The Morgan fingerprint density at radius 3 is 2.39 bits per heavy atom. The Morgan fingerprint density at radius 2 is 1.94 bits per heavy atom. The number of nitrogens with zero attached hydrogens (tertiary/aromatic N) is 2. The molecule has 96 valence electrons. The summed E-state index contributed by atoms with van der Waals surface area (Å²) in [6.45, 7) is 3.26. The fraction of sp³-hybridized carbons (Fsp3) is 0.273. The Morgan fingerprint density at radius 1 is 1.33 bits per heavy atom. The Balaban J connectivity index is 3.26. The van der Waals surface area contributed by atoms with E-state index >= 15 is 0 Å². The van der Waals surface area contributed by atoms with Crippen LogP contribution in [0.15, 0.2) is 23.9 Å². The molecule has 0 saturated heterocycles. The van der Waals surface area contributed by atoms with E-state index < -0.39 is 21.4 Å². The van der Waals surface area contributed by atoms with Gasteiger partial charge in [0.25, 0.3) is 0 Å². The molecule has 0 aromatic heterocycles. The monoisotopic (exact) mass is 254 g/mol. The Kier molecular flexibility index (Phi) is 4.09. The first-order valence-electron chi connectivity index (χ1n) is 5.13. The van der Waals surface area contributed by atoms with Gasteiger partial charge in [0.1, 0.15) is 0 Å². The van der Waals surface area contributed by atoms with Crippen LogP contribution in [-0.2, 0) is 0 Å². The van der Waals surface area contributed by atoms with E-state index in [9.17, 15) is 24.6 Å². The molecular weight excluding hydrogens is 243 g/mol. The van der Waals surface area contributed by atoms with Gasteiger partial charge >= 0.3 is 5.69 Å². The Labute approximate surface area is 102 Å². The molecule has 0 atom stereocenters. The van der Waals surface area contributed by atoms with Crippen molar-refractivity contribution in [2.75, 3.05) is 0 Å². The van der Waals surface area contributed by atoms with Crippen LogP contribution < -0.4 is 0 Å². The zero-order valence-corrected chi connectivity index (χ0v) is 9.79. The summed E-state index contributed by atoms with van der Waals surface area (Å²) >= 11 is 0. The summed E-state index contributed by atoms with van der Waals surface area (Å²) < 4.78 is 13.1. The second kappa shape index (κ2) is 5.35. The van der Waals surface area contributed by atoms with E-state index in [0.29, 0.717) is 0 Å². The molecule has 1 rings (SSSR count). The molecule has 0 aliphatic rings. The molecule has 1 aromatic carbocycles. The topological polar surface area (TPSA) is 86.3 Å². The van der Waals surface area contributed by atoms with Crippen LogP contribution in [0.2, 0.25) is 0 Å². The summed E-state index contributed by atoms with van der Waals surface area (Å²) in [4.78, 5) is 19.9. The molecule has 0 heterocycles. The van der Waals surface area contributed by atoms with E-state index in [1.807, 2.05) is 0 Å². The maximum atomic E-state index is 13.1. The number of benzene rings is 1. The highest BCUT2D eigenvalue weighted by Gasteiger charge is 2.18. The standard InChI is InChI=1S/C11H11FN2O4/c1-7(2)10(13(15)16)5-8-3-4-9(12)11(6-8)14(17)18/h3-7H,1-2H3/b10-5-. The summed E-state index contributed by atoms with van der Waals surface area (Å²) in [6.07, 6.45) is 1.21. The predicted molar refractivity (Wildman–Crippen MR) is 62.9 cm³/mol. The van der Waals surface area contributed by atoms with Crippen molar-refractivity contribution in [1.82, 2.24) is 0 Å². The van der Waals surface area contributed by atoms with Gasteiger partial charge in [0.15, 0.2) is 0 Å². The number of hydrogen-bond acceptors (Lipinski definition) is 4. The number of nitro benzene ring substituents is 1. The van der Waals surface area contributed by atoms with Crippen molar-refractivity contribution in [3.05, 3.63) is 55.5 Å². The first-order valence-corrected chi connectivity index (χ1v) is 5.13. The van der Waals surface area contributed by atoms with Gasteiger partial charge in [-0.15, -0.1) is 0 Å². The molecule has 0 radical (unpaired) electrons. The maximum absolute atomic E-state index is 13.1. The fourth-order valence-corrected chi connectivity index (χ4v) is 1.36. The van der Waals surface area contributed by atoms with Gasteiger partial charge in [0.05, 0.1) is 9.85 Å². The van der Waals surface area contributed by atoms with Gasteiger partial charge in [-0.1, -0.05) is 19.9 Å². The summed E-state index contributed by atoms with van der Waals surface area (Å²) in [5.74, 6) is -1.31. The molecule has 7 heteroatoms. The molecule has 0 amide bonds. The minimum absolute atomic E-state index is 0.0871. The second-order valence-electron chi connectivity index (χ2n) is 3.95. The first kappa shape index (κ1) is 13.8. The molecule has 0 aliphatic carbocycles. The highest BCUT2D eigenvalue weighted by molar-refractivity contribution is 5.55. The van der Waals surface area contributed by atoms with Crippen LogP contribution in [-0.4, -0.2) is 9.85 Å². The molecular formula is C11H11FN2O4. The van der Waals surface area contributed by atoms with Crippen molar-refractivity contribution < 1.29 is 14.2 Å². The average molecular weight is 254 g/mol. The SMILES string of the molecule is CC(C)/C(=C/c1ccc(F)c([N+](=O)[O-])c1)[N+](=O)[O-]. The van der Waals surface area contributed by atoms with Crippen molar-refractivity contribution in [2.24, 2.45) is 5.92 Å². The van der Waals surface area contributed by atoms with Crippen LogP contribution in [0.5, 0.6) is 0 Å². The van der Waals surface area contributed by atoms with Gasteiger partial charge in [0, 0.05) is 18.1 Å². The van der Waals surface area contributed by atoms with Gasteiger partial charge in [0.2, 0.25) is 11.5 Å². The average Bonchev–Trinajstić information content (AvgIpc) is 2.26. The zero-order valence-electron chi connectivity index (χ0n) is 9.79. The largest absolute Gasteiger partial charge is 0.305 e. The summed E-state index contributed by atoms with van der Waals surface area (Å²) in [5, 5.41) is 21.3. The van der Waals surface area contributed by atoms with Crippen LogP contribution >= 0.6 is 0 Å². The second-order valence-corrected chi connectivity index (χ2v) is 3.95. The van der Waals surface area contributed by atoms with E-state index in [4.69, 9.17) is 0 Å². The van der Waals surface area contributed by atoms with E-state index in [2.05, 4.69) is 0 Å². The first-order chi connectivity index (χ1) is 8.32. The summed E-state index contributed by atoms with van der Waals surface area (Å²) in [6, 6.07) is 3.15. The van der Waals surface area contributed by atoms with Crippen LogP contribution in [0.3, 0.4) is 0 Å². The lowest BCUT2D eigenvalue weighted by atomic mass is 10.1. The summed E-state index contributed by atoms with van der Waals surface area (Å²) in [7, 11) is 0. The molecule has 0 fully saturated rings. The van der Waals surface area contributed by atoms with Crippen LogP contribution in [0.4, 0.5) is 10.1 Å². The van der Waals surface area contributed by atoms with Gasteiger partial charge < -0.3 is 0 Å². The summed E-state index contributed by atoms with van der Waals surface area (Å²) in [5.41, 5.74) is -0.561. The molecule has 0 N–H and O–H groups in total. The normalized spacial score (nSPS) is 11.7. The molecule has 18 heavy (non-hydrogen) atoms. The maximum Gasteiger partial charge on any atom is 0.305 e. The Hall–Kier alpha value is -2.31.